The normalized spacial score (nSPS) is 12.2. The van der Waals surface area contributed by atoms with Crippen molar-refractivity contribution < 1.29 is 25.9 Å². The monoisotopic (exact) mass is 466 g/mol. The Morgan fingerprint density at radius 3 is 1.19 bits per heavy atom. The molecule has 2 N–H and O–H groups in total. The van der Waals surface area contributed by atoms with E-state index in [1.54, 1.807) is 11.8 Å². The third-order valence-electron chi connectivity index (χ3n) is 3.10. The molecule has 0 spiro atoms. The lowest BCUT2D eigenvalue weighted by molar-refractivity contribution is 0.483. The van der Waals surface area contributed by atoms with Gasteiger partial charge in [-0.05, 0) is 48.5 Å². The smallest absolute Gasteiger partial charge is 0.265 e. The van der Waals surface area contributed by atoms with E-state index in [0.717, 1.165) is 19.6 Å². The molecule has 0 heterocycles. The van der Waals surface area contributed by atoms with Crippen molar-refractivity contribution in [3.8, 4) is 0 Å². The summed E-state index contributed by atoms with van der Waals surface area (Å²) >= 11 is 4.29. The van der Waals surface area contributed by atoms with Crippen molar-refractivity contribution in [2.45, 2.75) is 19.6 Å². The second-order valence-electron chi connectivity index (χ2n) is 5.31. The number of rotatable bonds is 10. The Labute approximate surface area is 172 Å². The van der Waals surface area contributed by atoms with Crippen LogP contribution in [0.3, 0.4) is 0 Å². The van der Waals surface area contributed by atoms with E-state index in [-0.39, 0.29) is 11.5 Å². The lowest BCUT2D eigenvalue weighted by Crippen LogP contribution is -2.05. The number of thioether (sulfide) groups is 2. The van der Waals surface area contributed by atoms with Crippen LogP contribution in [0.25, 0.3) is 0 Å². The largest absolute Gasteiger partial charge is 0.286 e. The molecule has 0 saturated heterocycles. The van der Waals surface area contributed by atoms with Crippen LogP contribution in [0.15, 0.2) is 68.1 Å². The SMILES string of the molecule is O=S(=O)(O)CCSc1ccc(Sc2ccc(SCCS(=O)(=O)O)cc2)cc1. The standard InChI is InChI=1S/C16H18O6S5/c17-26(18,19)11-9-23-13-1-5-15(6-2-13)25-16-7-3-14(4-8-16)24-10-12-27(20,21)22/h1-8H,9-12H2,(H,17,18,19)(H,20,21,22). The molecule has 0 atom stereocenters. The minimum absolute atomic E-state index is 0.275. The average molecular weight is 467 g/mol. The van der Waals surface area contributed by atoms with Gasteiger partial charge in [0.1, 0.15) is 0 Å². The summed E-state index contributed by atoms with van der Waals surface area (Å²) in [5.41, 5.74) is 0. The van der Waals surface area contributed by atoms with Crippen molar-refractivity contribution in [1.29, 1.82) is 0 Å². The molecule has 0 aliphatic rings. The first kappa shape index (κ1) is 22.6. The van der Waals surface area contributed by atoms with Crippen molar-refractivity contribution in [1.82, 2.24) is 0 Å². The highest BCUT2D eigenvalue weighted by molar-refractivity contribution is 8.00. The van der Waals surface area contributed by atoms with Crippen LogP contribution >= 0.6 is 35.3 Å². The Morgan fingerprint density at radius 2 is 0.889 bits per heavy atom. The van der Waals surface area contributed by atoms with Gasteiger partial charge >= 0.3 is 0 Å². The van der Waals surface area contributed by atoms with Gasteiger partial charge in [-0.2, -0.15) is 16.8 Å². The van der Waals surface area contributed by atoms with E-state index >= 15 is 0 Å². The van der Waals surface area contributed by atoms with E-state index in [2.05, 4.69) is 0 Å². The predicted molar refractivity (Wildman–Crippen MR) is 111 cm³/mol. The van der Waals surface area contributed by atoms with Gasteiger partial charge in [0.05, 0.1) is 11.5 Å². The van der Waals surface area contributed by atoms with E-state index in [4.69, 9.17) is 9.11 Å². The zero-order valence-corrected chi connectivity index (χ0v) is 18.1. The Bertz CT molecular complexity index is 858. The first-order valence-electron chi connectivity index (χ1n) is 7.65. The molecule has 0 amide bonds. The molecule has 148 valence electrons. The third-order valence-corrected chi connectivity index (χ3v) is 8.10. The van der Waals surface area contributed by atoms with E-state index in [0.29, 0.717) is 11.5 Å². The molecule has 2 rings (SSSR count). The maximum absolute atomic E-state index is 10.7. The van der Waals surface area contributed by atoms with Gasteiger partial charge in [-0.25, -0.2) is 0 Å². The molecule has 0 unspecified atom stereocenters. The van der Waals surface area contributed by atoms with E-state index < -0.39 is 20.2 Å². The lowest BCUT2D eigenvalue weighted by Gasteiger charge is -2.05. The van der Waals surface area contributed by atoms with Crippen LogP contribution in [-0.2, 0) is 20.2 Å². The zero-order chi connectivity index (χ0) is 19.9. The molecule has 0 bridgehead atoms. The number of hydrogen-bond acceptors (Lipinski definition) is 7. The third kappa shape index (κ3) is 9.88. The van der Waals surface area contributed by atoms with E-state index in [9.17, 15) is 16.8 Å². The molecule has 27 heavy (non-hydrogen) atoms. The Balaban J connectivity index is 1.84. The quantitative estimate of drug-likeness (QED) is 0.399. The lowest BCUT2D eigenvalue weighted by atomic mass is 10.4. The van der Waals surface area contributed by atoms with Gasteiger partial charge in [-0.15, -0.1) is 23.5 Å². The number of benzene rings is 2. The molecular formula is C16H18O6S5. The van der Waals surface area contributed by atoms with Crippen molar-refractivity contribution in [2.75, 3.05) is 23.0 Å². The summed E-state index contributed by atoms with van der Waals surface area (Å²) in [5, 5.41) is 0. The Kier molecular flexibility index (Phi) is 8.53. The summed E-state index contributed by atoms with van der Waals surface area (Å²) in [4.78, 5) is 3.91. The second kappa shape index (κ2) is 10.2. The fraction of sp³-hybridized carbons (Fsp3) is 0.250. The predicted octanol–water partition coefficient (Wildman–Crippen LogP) is 3.80. The summed E-state index contributed by atoms with van der Waals surface area (Å²) in [5.74, 6) is 0.0373. The molecule has 0 fully saturated rings. The van der Waals surface area contributed by atoms with Crippen LogP contribution in [0, 0.1) is 0 Å². The van der Waals surface area contributed by atoms with Gasteiger partial charge in [-0.1, -0.05) is 11.8 Å². The highest BCUT2D eigenvalue weighted by Crippen LogP contribution is 2.31. The molecule has 0 saturated carbocycles. The summed E-state index contributed by atoms with van der Waals surface area (Å²) in [6, 6.07) is 15.4. The summed E-state index contributed by atoms with van der Waals surface area (Å²) < 4.78 is 60.3. The Morgan fingerprint density at radius 1 is 0.593 bits per heavy atom. The molecule has 11 heteroatoms. The van der Waals surface area contributed by atoms with Gasteiger partial charge in [0, 0.05) is 31.1 Å². The summed E-state index contributed by atoms with van der Waals surface area (Å²) in [6.07, 6.45) is 0. The van der Waals surface area contributed by atoms with Crippen LogP contribution in [0.1, 0.15) is 0 Å². The van der Waals surface area contributed by atoms with Gasteiger partial charge in [-0.3, -0.25) is 9.11 Å². The van der Waals surface area contributed by atoms with Gasteiger partial charge < -0.3 is 0 Å². The zero-order valence-electron chi connectivity index (χ0n) is 14.0. The van der Waals surface area contributed by atoms with Crippen molar-refractivity contribution in [2.24, 2.45) is 0 Å². The summed E-state index contributed by atoms with van der Waals surface area (Å²) in [7, 11) is -7.86. The van der Waals surface area contributed by atoms with E-state index in [1.807, 2.05) is 48.5 Å². The first-order chi connectivity index (χ1) is 12.6. The Hall–Kier alpha value is -0.690. The summed E-state index contributed by atoms with van der Waals surface area (Å²) in [6.45, 7) is 0. The van der Waals surface area contributed by atoms with Crippen LogP contribution in [-0.4, -0.2) is 49.0 Å². The number of hydrogen-bond donors (Lipinski definition) is 2. The molecule has 2 aromatic carbocycles. The molecule has 0 radical (unpaired) electrons. The van der Waals surface area contributed by atoms with Gasteiger partial charge in [0.15, 0.2) is 0 Å². The van der Waals surface area contributed by atoms with Crippen LogP contribution < -0.4 is 0 Å². The fourth-order valence-corrected chi connectivity index (χ4v) is 6.17. The minimum atomic E-state index is -3.93. The average Bonchev–Trinajstić information content (AvgIpc) is 2.56. The molecule has 6 nitrogen and oxygen atoms in total. The minimum Gasteiger partial charge on any atom is -0.286 e. The maximum atomic E-state index is 10.7. The van der Waals surface area contributed by atoms with Crippen molar-refractivity contribution in [3.05, 3.63) is 48.5 Å². The highest BCUT2D eigenvalue weighted by atomic mass is 32.2. The van der Waals surface area contributed by atoms with Crippen LogP contribution in [0.4, 0.5) is 0 Å². The van der Waals surface area contributed by atoms with Crippen LogP contribution in [0.2, 0.25) is 0 Å². The second-order valence-corrected chi connectivity index (χ2v) is 11.9. The van der Waals surface area contributed by atoms with Gasteiger partial charge in [0.25, 0.3) is 20.2 Å². The highest BCUT2D eigenvalue weighted by Gasteiger charge is 2.06. The van der Waals surface area contributed by atoms with Gasteiger partial charge in [0.2, 0.25) is 0 Å². The van der Waals surface area contributed by atoms with Crippen molar-refractivity contribution >= 4 is 55.5 Å². The fourth-order valence-electron chi connectivity index (χ4n) is 1.87. The molecule has 0 aromatic heterocycles. The first-order valence-corrected chi connectivity index (χ1v) is 13.7. The molecular weight excluding hydrogens is 449 g/mol. The van der Waals surface area contributed by atoms with Crippen LogP contribution in [0.5, 0.6) is 0 Å². The maximum Gasteiger partial charge on any atom is 0.265 e. The van der Waals surface area contributed by atoms with E-state index in [1.165, 1.54) is 23.5 Å². The molecule has 0 aliphatic carbocycles. The topological polar surface area (TPSA) is 109 Å². The molecule has 0 aliphatic heterocycles. The van der Waals surface area contributed by atoms with Crippen molar-refractivity contribution in [3.63, 3.8) is 0 Å². The molecule has 2 aromatic rings.